The fourth-order valence-electron chi connectivity index (χ4n) is 2.20. The van der Waals surface area contributed by atoms with Crippen LogP contribution in [-0.4, -0.2) is 32.1 Å². The van der Waals surface area contributed by atoms with Gasteiger partial charge in [-0.3, -0.25) is 4.79 Å². The van der Waals surface area contributed by atoms with Crippen molar-refractivity contribution in [2.24, 2.45) is 11.8 Å². The van der Waals surface area contributed by atoms with Crippen LogP contribution in [0, 0.1) is 11.8 Å². The van der Waals surface area contributed by atoms with Gasteiger partial charge in [-0.2, -0.15) is 0 Å². The predicted octanol–water partition coefficient (Wildman–Crippen LogP) is -0.190. The van der Waals surface area contributed by atoms with Crippen LogP contribution in [0.4, 0.5) is 0 Å². The van der Waals surface area contributed by atoms with E-state index in [0.29, 0.717) is 18.6 Å². The summed E-state index contributed by atoms with van der Waals surface area (Å²) in [6.07, 6.45) is 1.19. The first-order valence-electron chi connectivity index (χ1n) is 4.08. The third kappa shape index (κ3) is 0.993. The number of carbonyl (C=O) groups is 1. The van der Waals surface area contributed by atoms with Gasteiger partial charge in [-0.15, -0.1) is 0 Å². The number of carbonyl (C=O) groups excluding carboxylic acids is 1. The van der Waals surface area contributed by atoms with Gasteiger partial charge in [0.1, 0.15) is 6.61 Å². The van der Waals surface area contributed by atoms with Crippen LogP contribution in [-0.2, 0) is 9.53 Å². The van der Waals surface area contributed by atoms with Crippen molar-refractivity contribution in [3.63, 3.8) is 0 Å². The van der Waals surface area contributed by atoms with Gasteiger partial charge < -0.3 is 10.1 Å². The molecule has 0 aromatic heterocycles. The molecular formula is C8H13NO2. The number of hydrogen-bond donors (Lipinski definition) is 1. The highest BCUT2D eigenvalue weighted by atomic mass is 16.5. The van der Waals surface area contributed by atoms with Gasteiger partial charge in [0.25, 0.3) is 0 Å². The summed E-state index contributed by atoms with van der Waals surface area (Å²) < 4.78 is 4.81. The van der Waals surface area contributed by atoms with Gasteiger partial charge in [-0.1, -0.05) is 0 Å². The second-order valence-corrected chi connectivity index (χ2v) is 3.44. The third-order valence-corrected chi connectivity index (χ3v) is 2.80. The lowest BCUT2D eigenvalue weighted by molar-refractivity contribution is -0.130. The average molecular weight is 155 g/mol. The van der Waals surface area contributed by atoms with E-state index in [1.54, 1.807) is 7.11 Å². The van der Waals surface area contributed by atoms with Crippen LogP contribution in [0.1, 0.15) is 6.42 Å². The van der Waals surface area contributed by atoms with Crippen LogP contribution in [0.25, 0.3) is 0 Å². The number of ketones is 1. The summed E-state index contributed by atoms with van der Waals surface area (Å²) in [7, 11) is 1.58. The molecule has 0 spiro atoms. The second-order valence-electron chi connectivity index (χ2n) is 3.44. The molecule has 2 aliphatic heterocycles. The molecule has 3 atom stereocenters. The molecule has 2 heterocycles. The zero-order chi connectivity index (χ0) is 7.84. The molecule has 0 radical (unpaired) electrons. The molecule has 62 valence electrons. The van der Waals surface area contributed by atoms with Crippen molar-refractivity contribution >= 4 is 5.78 Å². The number of Topliss-reactive ketones (excluding diaryl/α,β-unsaturated/α-hetero) is 1. The van der Waals surface area contributed by atoms with E-state index in [9.17, 15) is 4.79 Å². The molecule has 3 unspecified atom stereocenters. The maximum atomic E-state index is 11.3. The first kappa shape index (κ1) is 7.25. The van der Waals surface area contributed by atoms with E-state index in [0.717, 1.165) is 6.54 Å². The summed E-state index contributed by atoms with van der Waals surface area (Å²) in [6.45, 7) is 1.32. The van der Waals surface area contributed by atoms with E-state index in [4.69, 9.17) is 4.74 Å². The summed E-state index contributed by atoms with van der Waals surface area (Å²) in [6, 6.07) is 0.475. The number of rotatable bonds is 3. The van der Waals surface area contributed by atoms with E-state index in [2.05, 4.69) is 5.32 Å². The monoisotopic (exact) mass is 155 g/mol. The van der Waals surface area contributed by atoms with Gasteiger partial charge in [-0.25, -0.2) is 0 Å². The summed E-state index contributed by atoms with van der Waals surface area (Å²) in [5, 5.41) is 3.31. The summed E-state index contributed by atoms with van der Waals surface area (Å²) in [5.41, 5.74) is 0. The number of methoxy groups -OCH3 is 1. The molecule has 3 rings (SSSR count). The fourth-order valence-corrected chi connectivity index (χ4v) is 2.20. The Morgan fingerprint density at radius 2 is 2.55 bits per heavy atom. The summed E-state index contributed by atoms with van der Waals surface area (Å²) in [4.78, 5) is 11.3. The molecule has 11 heavy (non-hydrogen) atoms. The Bertz CT molecular complexity index is 167. The fraction of sp³-hybridized carbons (Fsp3) is 0.875. The van der Waals surface area contributed by atoms with Gasteiger partial charge in [-0.05, 0) is 18.9 Å². The van der Waals surface area contributed by atoms with Crippen molar-refractivity contribution < 1.29 is 9.53 Å². The number of nitrogens with one attached hydrogen (secondary N) is 1. The molecule has 2 saturated heterocycles. The van der Waals surface area contributed by atoms with Crippen LogP contribution in [0.5, 0.6) is 0 Å². The van der Waals surface area contributed by atoms with Crippen molar-refractivity contribution in [3.8, 4) is 0 Å². The van der Waals surface area contributed by atoms with Gasteiger partial charge in [0.15, 0.2) is 5.78 Å². The lowest BCUT2D eigenvalue weighted by atomic mass is 9.72. The van der Waals surface area contributed by atoms with E-state index < -0.39 is 0 Å². The average Bonchev–Trinajstić information content (AvgIpc) is 2.44. The minimum Gasteiger partial charge on any atom is -0.377 e. The van der Waals surface area contributed by atoms with E-state index in [1.807, 2.05) is 0 Å². The first-order valence-corrected chi connectivity index (χ1v) is 4.08. The Kier molecular flexibility index (Phi) is 1.69. The minimum absolute atomic E-state index is 0.273. The highest BCUT2D eigenvalue weighted by molar-refractivity contribution is 5.84. The van der Waals surface area contributed by atoms with Crippen LogP contribution in [0.15, 0.2) is 0 Å². The number of hydrogen-bond acceptors (Lipinski definition) is 3. The zero-order valence-electron chi connectivity index (χ0n) is 6.67. The Balaban J connectivity index is 1.92. The van der Waals surface area contributed by atoms with Gasteiger partial charge >= 0.3 is 0 Å². The molecule has 0 amide bonds. The van der Waals surface area contributed by atoms with Crippen molar-refractivity contribution in [2.75, 3.05) is 20.3 Å². The van der Waals surface area contributed by atoms with Crippen LogP contribution < -0.4 is 5.32 Å². The van der Waals surface area contributed by atoms with Crippen LogP contribution in [0.2, 0.25) is 0 Å². The Hall–Kier alpha value is -0.410. The largest absolute Gasteiger partial charge is 0.377 e. The number of fused-ring (bicyclic) bond motifs is 1. The minimum atomic E-state index is 0.273. The topological polar surface area (TPSA) is 38.3 Å². The zero-order valence-corrected chi connectivity index (χ0v) is 6.67. The lowest BCUT2D eigenvalue weighted by Crippen LogP contribution is -2.43. The lowest BCUT2D eigenvalue weighted by Gasteiger charge is -2.32. The van der Waals surface area contributed by atoms with E-state index in [1.165, 1.54) is 6.42 Å². The molecule has 3 nitrogen and oxygen atoms in total. The second kappa shape index (κ2) is 2.57. The predicted molar refractivity (Wildman–Crippen MR) is 40.3 cm³/mol. The molecule has 1 N–H and O–H groups in total. The Morgan fingerprint density at radius 1 is 1.73 bits per heavy atom. The van der Waals surface area contributed by atoms with E-state index >= 15 is 0 Å². The molecular weight excluding hydrogens is 142 g/mol. The molecule has 3 aliphatic rings. The van der Waals surface area contributed by atoms with Crippen molar-refractivity contribution in [2.45, 2.75) is 12.5 Å². The molecule has 2 bridgehead atoms. The Morgan fingerprint density at radius 3 is 3.00 bits per heavy atom. The third-order valence-electron chi connectivity index (χ3n) is 2.80. The van der Waals surface area contributed by atoms with E-state index in [-0.39, 0.29) is 11.7 Å². The van der Waals surface area contributed by atoms with Crippen LogP contribution in [0.3, 0.4) is 0 Å². The molecule has 3 heteroatoms. The van der Waals surface area contributed by atoms with Crippen molar-refractivity contribution in [1.82, 2.24) is 5.32 Å². The normalized spacial score (nSPS) is 40.3. The number of ether oxygens (including phenoxy) is 1. The van der Waals surface area contributed by atoms with Gasteiger partial charge in [0, 0.05) is 19.1 Å². The highest BCUT2D eigenvalue weighted by Gasteiger charge is 2.49. The maximum Gasteiger partial charge on any atom is 0.163 e. The smallest absolute Gasteiger partial charge is 0.163 e. The quantitative estimate of drug-likeness (QED) is 0.614. The maximum absolute atomic E-state index is 11.3. The molecule has 1 aliphatic carbocycles. The van der Waals surface area contributed by atoms with Gasteiger partial charge in [0.2, 0.25) is 0 Å². The first-order chi connectivity index (χ1) is 5.33. The summed E-state index contributed by atoms with van der Waals surface area (Å²) in [5.74, 6) is 1.16. The van der Waals surface area contributed by atoms with Crippen molar-refractivity contribution in [1.29, 1.82) is 0 Å². The molecule has 3 fully saturated rings. The summed E-state index contributed by atoms with van der Waals surface area (Å²) >= 11 is 0. The molecule has 0 aromatic rings. The molecule has 1 saturated carbocycles. The van der Waals surface area contributed by atoms with Crippen molar-refractivity contribution in [3.05, 3.63) is 0 Å². The standard InChI is InChI=1S/C8H13NO2/c1-11-4-7(10)8-5-2-6(8)9-3-5/h5-6,8-9H,2-4H2,1H3. The highest BCUT2D eigenvalue weighted by Crippen LogP contribution is 2.40. The SMILES string of the molecule is COCC(=O)C1C2CNC1C2. The van der Waals surface area contributed by atoms with Crippen LogP contribution >= 0.6 is 0 Å². The molecule has 0 aromatic carbocycles. The Labute approximate surface area is 66.1 Å². The van der Waals surface area contributed by atoms with Gasteiger partial charge in [0.05, 0.1) is 0 Å².